The molecule has 66 valence electrons. The van der Waals surface area contributed by atoms with Crippen molar-refractivity contribution in [3.63, 3.8) is 0 Å². The van der Waals surface area contributed by atoms with Crippen molar-refractivity contribution in [3.8, 4) is 6.07 Å². The van der Waals surface area contributed by atoms with E-state index >= 15 is 0 Å². The van der Waals surface area contributed by atoms with Gasteiger partial charge in [0.1, 0.15) is 6.07 Å². The third kappa shape index (κ3) is 2.07. The Hall–Kier alpha value is -1.34. The van der Waals surface area contributed by atoms with Crippen LogP contribution in [0.15, 0.2) is 18.2 Å². The zero-order chi connectivity index (χ0) is 9.84. The minimum absolute atomic E-state index is 0.0550. The molecule has 0 bridgehead atoms. The first kappa shape index (κ1) is 9.75. The molecule has 0 unspecified atom stereocenters. The first-order valence-electron chi connectivity index (χ1n) is 3.51. The van der Waals surface area contributed by atoms with Gasteiger partial charge in [-0.15, -0.1) is 0 Å². The molecular weight excluding hydrogens is 234 g/mol. The molecule has 0 amide bonds. The predicted octanol–water partition coefficient (Wildman–Crippen LogP) is 2.15. The molecule has 1 aromatic rings. The Balaban J connectivity index is 3.28. The van der Waals surface area contributed by atoms with Gasteiger partial charge in [0, 0.05) is 5.33 Å². The Kier molecular flexibility index (Phi) is 3.04. The van der Waals surface area contributed by atoms with Crippen LogP contribution in [-0.2, 0) is 5.33 Å². The highest BCUT2D eigenvalue weighted by molar-refractivity contribution is 9.08. The molecule has 0 fully saturated rings. The molecule has 0 aliphatic rings. The third-order valence-electron chi connectivity index (χ3n) is 1.59. The van der Waals surface area contributed by atoms with Crippen molar-refractivity contribution in [1.82, 2.24) is 0 Å². The van der Waals surface area contributed by atoms with Gasteiger partial charge in [-0.2, -0.15) is 5.26 Å². The molecule has 0 radical (unpaired) electrons. The van der Waals surface area contributed by atoms with E-state index in [4.69, 9.17) is 10.4 Å². The van der Waals surface area contributed by atoms with E-state index in [9.17, 15) is 4.79 Å². The Morgan fingerprint density at radius 1 is 1.62 bits per heavy atom. The number of carbonyl (C=O) groups is 1. The molecule has 0 atom stereocenters. The van der Waals surface area contributed by atoms with Crippen LogP contribution in [-0.4, -0.2) is 11.1 Å². The largest absolute Gasteiger partial charge is 0.478 e. The first-order valence-corrected chi connectivity index (χ1v) is 4.63. The van der Waals surface area contributed by atoms with Crippen LogP contribution in [0, 0.1) is 11.3 Å². The molecule has 0 saturated carbocycles. The maximum Gasteiger partial charge on any atom is 0.337 e. The number of nitrogens with zero attached hydrogens (tertiary/aromatic N) is 1. The Labute approximate surface area is 83.7 Å². The highest BCUT2D eigenvalue weighted by Gasteiger charge is 2.09. The Morgan fingerprint density at radius 2 is 2.31 bits per heavy atom. The van der Waals surface area contributed by atoms with Gasteiger partial charge in [-0.05, 0) is 17.7 Å². The topological polar surface area (TPSA) is 61.1 Å². The second-order valence-electron chi connectivity index (χ2n) is 2.43. The van der Waals surface area contributed by atoms with E-state index in [0.717, 1.165) is 5.56 Å². The summed E-state index contributed by atoms with van der Waals surface area (Å²) in [5.41, 5.74) is 1.09. The number of benzene rings is 1. The van der Waals surface area contributed by atoms with E-state index in [-0.39, 0.29) is 11.1 Å². The lowest BCUT2D eigenvalue weighted by Crippen LogP contribution is -2.00. The van der Waals surface area contributed by atoms with E-state index in [1.165, 1.54) is 12.1 Å². The van der Waals surface area contributed by atoms with Crippen LogP contribution < -0.4 is 0 Å². The molecule has 13 heavy (non-hydrogen) atoms. The van der Waals surface area contributed by atoms with Crippen LogP contribution in [0.1, 0.15) is 21.5 Å². The fourth-order valence-corrected chi connectivity index (χ4v) is 1.30. The van der Waals surface area contributed by atoms with Crippen molar-refractivity contribution in [2.45, 2.75) is 5.33 Å². The lowest BCUT2D eigenvalue weighted by atomic mass is 10.1. The minimum Gasteiger partial charge on any atom is -0.478 e. The van der Waals surface area contributed by atoms with Gasteiger partial charge in [-0.25, -0.2) is 4.79 Å². The maximum atomic E-state index is 10.7. The van der Waals surface area contributed by atoms with E-state index in [0.29, 0.717) is 5.33 Å². The summed E-state index contributed by atoms with van der Waals surface area (Å²) in [7, 11) is 0. The average Bonchev–Trinajstić information content (AvgIpc) is 2.16. The number of halogens is 1. The molecule has 1 N–H and O–H groups in total. The van der Waals surface area contributed by atoms with Crippen molar-refractivity contribution in [3.05, 3.63) is 34.9 Å². The second kappa shape index (κ2) is 4.06. The van der Waals surface area contributed by atoms with Crippen LogP contribution in [0.4, 0.5) is 0 Å². The van der Waals surface area contributed by atoms with E-state index in [1.54, 1.807) is 6.07 Å². The third-order valence-corrected chi connectivity index (χ3v) is 2.24. The number of nitriles is 1. The fourth-order valence-electron chi connectivity index (χ4n) is 0.949. The number of rotatable bonds is 2. The number of hydrogen-bond acceptors (Lipinski definition) is 2. The summed E-state index contributed by atoms with van der Waals surface area (Å²) in [4.78, 5) is 10.7. The summed E-state index contributed by atoms with van der Waals surface area (Å²) in [6, 6.07) is 6.56. The highest BCUT2D eigenvalue weighted by Crippen LogP contribution is 2.13. The monoisotopic (exact) mass is 239 g/mol. The molecule has 1 aromatic carbocycles. The normalized spacial score (nSPS) is 9.23. The van der Waals surface area contributed by atoms with Gasteiger partial charge in [0.2, 0.25) is 0 Å². The smallest absolute Gasteiger partial charge is 0.337 e. The molecule has 0 aliphatic heterocycles. The molecule has 0 aromatic heterocycles. The molecule has 0 heterocycles. The van der Waals surface area contributed by atoms with E-state index in [1.807, 2.05) is 6.07 Å². The molecule has 0 saturated heterocycles. The molecule has 3 nitrogen and oxygen atoms in total. The summed E-state index contributed by atoms with van der Waals surface area (Å²) < 4.78 is 0. The molecule has 0 aliphatic carbocycles. The molecule has 0 spiro atoms. The summed E-state index contributed by atoms with van der Waals surface area (Å²) in [6.07, 6.45) is 0. The zero-order valence-corrected chi connectivity index (χ0v) is 8.21. The van der Waals surface area contributed by atoms with Crippen LogP contribution in [0.25, 0.3) is 0 Å². The van der Waals surface area contributed by atoms with E-state index in [2.05, 4.69) is 15.9 Å². The van der Waals surface area contributed by atoms with Crippen LogP contribution in [0.3, 0.4) is 0 Å². The van der Waals surface area contributed by atoms with Gasteiger partial charge < -0.3 is 5.11 Å². The minimum atomic E-state index is -1.07. The standard InChI is InChI=1S/C9H6BrNO2/c10-4-6-1-2-7(5-11)8(3-6)9(12)13/h1-3H,4H2,(H,12,13). The van der Waals surface area contributed by atoms with Gasteiger partial charge in [-0.1, -0.05) is 22.0 Å². The summed E-state index contributed by atoms with van der Waals surface area (Å²) >= 11 is 3.21. The fraction of sp³-hybridized carbons (Fsp3) is 0.111. The average molecular weight is 240 g/mol. The Bertz CT molecular complexity index is 382. The van der Waals surface area contributed by atoms with E-state index < -0.39 is 5.97 Å². The number of carboxylic acid groups (broad SMARTS) is 1. The summed E-state index contributed by atoms with van der Waals surface area (Å²) in [5.74, 6) is -1.07. The van der Waals surface area contributed by atoms with Crippen molar-refractivity contribution < 1.29 is 9.90 Å². The second-order valence-corrected chi connectivity index (χ2v) is 2.99. The number of alkyl halides is 1. The van der Waals surface area contributed by atoms with Crippen LogP contribution in [0.2, 0.25) is 0 Å². The Morgan fingerprint density at radius 3 is 2.77 bits per heavy atom. The van der Waals surface area contributed by atoms with Gasteiger partial charge in [0.15, 0.2) is 0 Å². The van der Waals surface area contributed by atoms with Crippen LogP contribution in [0.5, 0.6) is 0 Å². The molecule has 1 rings (SSSR count). The van der Waals surface area contributed by atoms with Crippen molar-refractivity contribution in [2.24, 2.45) is 0 Å². The first-order chi connectivity index (χ1) is 6.19. The van der Waals surface area contributed by atoms with Crippen molar-refractivity contribution in [1.29, 1.82) is 5.26 Å². The molecular formula is C9H6BrNO2. The predicted molar refractivity (Wildman–Crippen MR) is 50.7 cm³/mol. The number of aromatic carboxylic acids is 1. The van der Waals surface area contributed by atoms with Gasteiger partial charge >= 0.3 is 5.97 Å². The SMILES string of the molecule is N#Cc1ccc(CBr)cc1C(=O)O. The lowest BCUT2D eigenvalue weighted by Gasteiger charge is -2.00. The molecule has 4 heteroatoms. The quantitative estimate of drug-likeness (QED) is 0.805. The van der Waals surface area contributed by atoms with Gasteiger partial charge in [-0.3, -0.25) is 0 Å². The number of hydrogen-bond donors (Lipinski definition) is 1. The number of carboxylic acids is 1. The summed E-state index contributed by atoms with van der Waals surface area (Å²) in [5, 5.41) is 17.9. The zero-order valence-electron chi connectivity index (χ0n) is 6.62. The van der Waals surface area contributed by atoms with Gasteiger partial charge in [0.25, 0.3) is 0 Å². The van der Waals surface area contributed by atoms with Crippen LogP contribution >= 0.6 is 15.9 Å². The maximum absolute atomic E-state index is 10.7. The highest BCUT2D eigenvalue weighted by atomic mass is 79.9. The van der Waals surface area contributed by atoms with Crippen molar-refractivity contribution in [2.75, 3.05) is 0 Å². The van der Waals surface area contributed by atoms with Crippen molar-refractivity contribution >= 4 is 21.9 Å². The lowest BCUT2D eigenvalue weighted by molar-refractivity contribution is 0.0696. The van der Waals surface area contributed by atoms with Gasteiger partial charge in [0.05, 0.1) is 11.1 Å². The summed E-state index contributed by atoms with van der Waals surface area (Å²) in [6.45, 7) is 0.